The molecule has 1 unspecified atom stereocenters. The molecule has 34 heavy (non-hydrogen) atoms. The van der Waals surface area contributed by atoms with Gasteiger partial charge in [-0.05, 0) is 67.1 Å². The molecule has 2 aromatic carbocycles. The Morgan fingerprint density at radius 1 is 1.18 bits per heavy atom. The van der Waals surface area contributed by atoms with Crippen LogP contribution in [0.4, 0.5) is 5.13 Å². The van der Waals surface area contributed by atoms with Crippen LogP contribution in [0.15, 0.2) is 65.2 Å². The van der Waals surface area contributed by atoms with Gasteiger partial charge in [-0.1, -0.05) is 35.6 Å². The van der Waals surface area contributed by atoms with E-state index in [-0.39, 0.29) is 11.4 Å². The summed E-state index contributed by atoms with van der Waals surface area (Å²) in [7, 11) is 0. The number of hydrogen-bond acceptors (Lipinski definition) is 7. The molecule has 6 nitrogen and oxygen atoms in total. The molecular weight excluding hydrogens is 468 g/mol. The van der Waals surface area contributed by atoms with Crippen LogP contribution in [0.5, 0.6) is 5.75 Å². The number of Topliss-reactive ketones (excluding diaryl/α,β-unsaturated/α-hetero) is 1. The van der Waals surface area contributed by atoms with Crippen molar-refractivity contribution in [1.29, 1.82) is 0 Å². The minimum atomic E-state index is -0.806. The van der Waals surface area contributed by atoms with E-state index in [0.717, 1.165) is 21.3 Å². The van der Waals surface area contributed by atoms with Crippen molar-refractivity contribution >= 4 is 49.7 Å². The zero-order chi connectivity index (χ0) is 24.0. The number of carbonyl (C=O) groups excluding carboxylic acids is 2. The summed E-state index contributed by atoms with van der Waals surface area (Å²) in [6.07, 6.45) is 0. The lowest BCUT2D eigenvalue weighted by Crippen LogP contribution is -2.30. The molecule has 1 amide bonds. The molecule has 1 N–H and O–H groups in total. The Hall–Kier alpha value is -3.49. The van der Waals surface area contributed by atoms with Crippen LogP contribution in [-0.2, 0) is 4.79 Å². The summed E-state index contributed by atoms with van der Waals surface area (Å²) in [4.78, 5) is 33.5. The van der Waals surface area contributed by atoms with Crippen LogP contribution in [0.1, 0.15) is 39.3 Å². The molecule has 4 aromatic rings. The Labute approximate surface area is 204 Å². The second kappa shape index (κ2) is 8.70. The standard InChI is InChI=1S/C26H22N2O4S2/c1-4-32-17-9-7-16(8-10-17)22-20(23(29)18-6-5-11-33-18)24(30)25(31)28(22)26-27-21-15(3)12-14(2)13-19(21)34-26/h5-13,22,30H,4H2,1-3H3. The number of hydrogen-bond donors (Lipinski definition) is 1. The third kappa shape index (κ3) is 3.69. The number of ether oxygens (including phenoxy) is 1. The molecule has 1 aliphatic rings. The zero-order valence-corrected chi connectivity index (χ0v) is 20.5. The zero-order valence-electron chi connectivity index (χ0n) is 18.9. The van der Waals surface area contributed by atoms with E-state index in [2.05, 4.69) is 0 Å². The van der Waals surface area contributed by atoms with Crippen LogP contribution in [0, 0.1) is 13.8 Å². The van der Waals surface area contributed by atoms with E-state index in [1.54, 1.807) is 29.6 Å². The number of aliphatic hydroxyl groups is 1. The van der Waals surface area contributed by atoms with Gasteiger partial charge in [-0.25, -0.2) is 4.98 Å². The number of aromatic nitrogens is 1. The van der Waals surface area contributed by atoms with Gasteiger partial charge in [-0.2, -0.15) is 0 Å². The molecule has 0 bridgehead atoms. The third-order valence-electron chi connectivity index (χ3n) is 5.73. The molecule has 0 radical (unpaired) electrons. The second-order valence-electron chi connectivity index (χ2n) is 8.07. The summed E-state index contributed by atoms with van der Waals surface area (Å²) in [6, 6.07) is 14.0. The van der Waals surface area contributed by atoms with Crippen molar-refractivity contribution in [2.24, 2.45) is 0 Å². The molecule has 172 valence electrons. The van der Waals surface area contributed by atoms with Crippen LogP contribution in [0.25, 0.3) is 10.2 Å². The lowest BCUT2D eigenvalue weighted by atomic mass is 9.95. The fourth-order valence-corrected chi connectivity index (χ4v) is 6.11. The molecule has 1 atom stereocenters. The molecule has 0 spiro atoms. The highest BCUT2D eigenvalue weighted by Gasteiger charge is 2.46. The highest BCUT2D eigenvalue weighted by Crippen LogP contribution is 2.45. The van der Waals surface area contributed by atoms with Crippen molar-refractivity contribution in [3.05, 3.63) is 86.8 Å². The van der Waals surface area contributed by atoms with E-state index in [1.807, 2.05) is 45.0 Å². The lowest BCUT2D eigenvalue weighted by molar-refractivity contribution is -0.117. The smallest absolute Gasteiger partial charge is 0.296 e. The lowest BCUT2D eigenvalue weighted by Gasteiger charge is -2.24. The highest BCUT2D eigenvalue weighted by molar-refractivity contribution is 7.22. The number of rotatable bonds is 6. The highest BCUT2D eigenvalue weighted by atomic mass is 32.1. The largest absolute Gasteiger partial charge is 0.503 e. The number of anilines is 1. The molecule has 1 aliphatic heterocycles. The number of ketones is 1. The summed E-state index contributed by atoms with van der Waals surface area (Å²) in [5.41, 5.74) is 3.66. The van der Waals surface area contributed by atoms with Crippen molar-refractivity contribution in [3.8, 4) is 5.75 Å². The third-order valence-corrected chi connectivity index (χ3v) is 7.60. The molecule has 0 aliphatic carbocycles. The predicted octanol–water partition coefficient (Wildman–Crippen LogP) is 6.16. The summed E-state index contributed by atoms with van der Waals surface area (Å²) in [5, 5.41) is 13.2. The molecule has 8 heteroatoms. The number of thiazole rings is 1. The average molecular weight is 491 g/mol. The quantitative estimate of drug-likeness (QED) is 0.328. The fraction of sp³-hybridized carbons (Fsp3) is 0.192. The Morgan fingerprint density at radius 3 is 2.62 bits per heavy atom. The van der Waals surface area contributed by atoms with Gasteiger partial charge >= 0.3 is 0 Å². The number of nitrogens with zero attached hydrogens (tertiary/aromatic N) is 2. The summed E-state index contributed by atoms with van der Waals surface area (Å²) >= 11 is 2.65. The van der Waals surface area contributed by atoms with Gasteiger partial charge in [0.25, 0.3) is 5.91 Å². The maximum absolute atomic E-state index is 13.4. The number of carbonyl (C=O) groups is 2. The number of aryl methyl sites for hydroxylation is 2. The van der Waals surface area contributed by atoms with Gasteiger partial charge in [0.05, 0.1) is 33.3 Å². The first kappa shape index (κ1) is 22.3. The first-order valence-corrected chi connectivity index (χ1v) is 12.5. The number of thiophene rings is 1. The molecule has 5 rings (SSSR count). The van der Waals surface area contributed by atoms with Gasteiger partial charge in [0.1, 0.15) is 5.75 Å². The number of fused-ring (bicyclic) bond motifs is 1. The van der Waals surface area contributed by atoms with Crippen LogP contribution in [0.3, 0.4) is 0 Å². The molecule has 2 aromatic heterocycles. The molecule has 0 saturated carbocycles. The minimum absolute atomic E-state index is 0.0590. The van der Waals surface area contributed by atoms with Crippen LogP contribution in [0.2, 0.25) is 0 Å². The van der Waals surface area contributed by atoms with E-state index in [4.69, 9.17) is 9.72 Å². The van der Waals surface area contributed by atoms with Crippen molar-refractivity contribution in [2.75, 3.05) is 11.5 Å². The first-order valence-electron chi connectivity index (χ1n) is 10.8. The fourth-order valence-electron chi connectivity index (χ4n) is 4.27. The molecular formula is C26H22N2O4S2. The Bertz CT molecular complexity index is 1440. The Morgan fingerprint density at radius 2 is 1.94 bits per heavy atom. The van der Waals surface area contributed by atoms with E-state index in [1.165, 1.54) is 27.6 Å². The molecule has 0 fully saturated rings. The Kier molecular flexibility index (Phi) is 5.71. The van der Waals surface area contributed by atoms with E-state index >= 15 is 0 Å². The van der Waals surface area contributed by atoms with Crippen molar-refractivity contribution in [1.82, 2.24) is 4.98 Å². The number of amides is 1. The minimum Gasteiger partial charge on any atom is -0.503 e. The number of aliphatic hydroxyl groups excluding tert-OH is 1. The maximum atomic E-state index is 13.4. The van der Waals surface area contributed by atoms with Gasteiger partial charge in [0, 0.05) is 0 Å². The molecule has 0 saturated heterocycles. The monoisotopic (exact) mass is 490 g/mol. The van der Waals surface area contributed by atoms with Gasteiger partial charge < -0.3 is 9.84 Å². The van der Waals surface area contributed by atoms with Crippen LogP contribution >= 0.6 is 22.7 Å². The summed E-state index contributed by atoms with van der Waals surface area (Å²) in [5.74, 6) is -0.848. The van der Waals surface area contributed by atoms with Gasteiger partial charge in [-0.3, -0.25) is 14.5 Å². The van der Waals surface area contributed by atoms with E-state index < -0.39 is 17.7 Å². The molecule has 3 heterocycles. The first-order chi connectivity index (χ1) is 16.4. The van der Waals surface area contributed by atoms with Crippen molar-refractivity contribution in [3.63, 3.8) is 0 Å². The SMILES string of the molecule is CCOc1ccc(C2C(C(=O)c3cccs3)=C(O)C(=O)N2c2nc3c(C)cc(C)cc3s2)cc1. The Balaban J connectivity index is 1.67. The van der Waals surface area contributed by atoms with E-state index in [0.29, 0.717) is 27.9 Å². The van der Waals surface area contributed by atoms with Crippen molar-refractivity contribution < 1.29 is 19.4 Å². The van der Waals surface area contributed by atoms with Crippen LogP contribution in [-0.4, -0.2) is 28.4 Å². The summed E-state index contributed by atoms with van der Waals surface area (Å²) in [6.45, 7) is 6.43. The normalized spacial score (nSPS) is 16.0. The summed E-state index contributed by atoms with van der Waals surface area (Å²) < 4.78 is 6.50. The van der Waals surface area contributed by atoms with Crippen molar-refractivity contribution in [2.45, 2.75) is 26.8 Å². The van der Waals surface area contributed by atoms with Gasteiger partial charge in [0.15, 0.2) is 10.9 Å². The maximum Gasteiger partial charge on any atom is 0.296 e. The second-order valence-corrected chi connectivity index (χ2v) is 10.0. The van der Waals surface area contributed by atoms with E-state index in [9.17, 15) is 14.7 Å². The topological polar surface area (TPSA) is 79.7 Å². The predicted molar refractivity (Wildman–Crippen MR) is 135 cm³/mol. The van der Waals surface area contributed by atoms with Gasteiger partial charge in [-0.15, -0.1) is 11.3 Å². The number of benzene rings is 2. The van der Waals surface area contributed by atoms with Gasteiger partial charge in [0.2, 0.25) is 5.78 Å². The van der Waals surface area contributed by atoms with Crippen LogP contribution < -0.4 is 9.64 Å². The average Bonchev–Trinajstić information content (AvgIpc) is 3.54.